The minimum Gasteiger partial charge on any atom is -0.378 e. The van der Waals surface area contributed by atoms with Gasteiger partial charge in [-0.2, -0.15) is 0 Å². The molecule has 0 aliphatic carbocycles. The van der Waals surface area contributed by atoms with E-state index in [0.29, 0.717) is 0 Å². The Kier molecular flexibility index (Phi) is 9.53. The van der Waals surface area contributed by atoms with Gasteiger partial charge in [-0.05, 0) is 49.8 Å². The van der Waals surface area contributed by atoms with Crippen molar-refractivity contribution in [2.45, 2.75) is 39.5 Å². The van der Waals surface area contributed by atoms with Crippen LogP contribution in [0.5, 0.6) is 0 Å². The number of anilines is 2. The van der Waals surface area contributed by atoms with E-state index in [9.17, 15) is 0 Å². The van der Waals surface area contributed by atoms with Gasteiger partial charge in [0.05, 0.1) is 0 Å². The maximum absolute atomic E-state index is 4.38. The second-order valence-electron chi connectivity index (χ2n) is 5.92. The molecule has 1 aromatic carbocycles. The fourth-order valence-electron chi connectivity index (χ4n) is 2.13. The number of nitrogens with one attached hydrogen (secondary N) is 1. The molecule has 0 heterocycles. The number of aliphatic imine (C=N–C) groups is 1. The average Bonchev–Trinajstić information content (AvgIpc) is 2.54. The third-order valence-corrected chi connectivity index (χ3v) is 3.51. The molecule has 0 atom stereocenters. The maximum Gasteiger partial charge on any atom is 0.0389 e. The van der Waals surface area contributed by atoms with Crippen molar-refractivity contribution in [1.29, 1.82) is 0 Å². The summed E-state index contributed by atoms with van der Waals surface area (Å²) in [6.45, 7) is 5.22. The Labute approximate surface area is 141 Å². The lowest BCUT2D eigenvalue weighted by molar-refractivity contribution is 0.676. The van der Waals surface area contributed by atoms with Gasteiger partial charge in [-0.15, -0.1) is 0 Å². The van der Waals surface area contributed by atoms with E-state index in [2.05, 4.69) is 59.4 Å². The van der Waals surface area contributed by atoms with E-state index in [1.165, 1.54) is 31.4 Å². The van der Waals surface area contributed by atoms with Crippen LogP contribution in [0, 0.1) is 0 Å². The second kappa shape index (κ2) is 11.5. The molecule has 0 bridgehead atoms. The topological polar surface area (TPSA) is 27.6 Å². The highest BCUT2D eigenvalue weighted by atomic mass is 15.1. The van der Waals surface area contributed by atoms with Crippen molar-refractivity contribution in [2.75, 3.05) is 30.9 Å². The fraction of sp³-hybridized carbons (Fsp3) is 0.450. The Morgan fingerprint density at radius 2 is 1.83 bits per heavy atom. The molecular weight excluding hydrogens is 282 g/mol. The monoisotopic (exact) mass is 313 g/mol. The minimum atomic E-state index is 0.934. The summed E-state index contributed by atoms with van der Waals surface area (Å²) in [5.41, 5.74) is 3.41. The summed E-state index contributed by atoms with van der Waals surface area (Å²) < 4.78 is 0. The molecule has 23 heavy (non-hydrogen) atoms. The smallest absolute Gasteiger partial charge is 0.0389 e. The molecule has 0 unspecified atom stereocenters. The summed E-state index contributed by atoms with van der Waals surface area (Å²) in [5, 5.41) is 3.38. The Balaban J connectivity index is 2.33. The molecule has 0 radical (unpaired) electrons. The number of hydrogen-bond donors (Lipinski definition) is 1. The molecule has 0 aliphatic rings. The molecule has 0 spiro atoms. The van der Waals surface area contributed by atoms with E-state index >= 15 is 0 Å². The molecule has 0 saturated heterocycles. The van der Waals surface area contributed by atoms with Gasteiger partial charge in [-0.25, -0.2) is 0 Å². The van der Waals surface area contributed by atoms with Crippen LogP contribution in [-0.2, 0) is 0 Å². The van der Waals surface area contributed by atoms with E-state index < -0.39 is 0 Å². The molecule has 0 aromatic heterocycles. The number of nitrogens with zero attached hydrogens (tertiary/aromatic N) is 2. The average molecular weight is 313 g/mol. The van der Waals surface area contributed by atoms with E-state index in [1.807, 2.05) is 32.5 Å². The number of rotatable bonds is 10. The SMILES string of the molecule is CCCCCCN=C/C=C\C=C(/C)Nc1ccc(N(C)C)cc1. The van der Waals surface area contributed by atoms with Crippen molar-refractivity contribution in [1.82, 2.24) is 0 Å². The van der Waals surface area contributed by atoms with Crippen LogP contribution in [0.3, 0.4) is 0 Å². The Morgan fingerprint density at radius 3 is 2.48 bits per heavy atom. The highest BCUT2D eigenvalue weighted by Crippen LogP contribution is 2.16. The first-order valence-corrected chi connectivity index (χ1v) is 8.51. The maximum atomic E-state index is 4.38. The van der Waals surface area contributed by atoms with Gasteiger partial charge in [0.2, 0.25) is 0 Å². The van der Waals surface area contributed by atoms with Crippen molar-refractivity contribution in [3.63, 3.8) is 0 Å². The Morgan fingerprint density at radius 1 is 1.09 bits per heavy atom. The zero-order chi connectivity index (χ0) is 16.9. The Hall–Kier alpha value is -2.03. The second-order valence-corrected chi connectivity index (χ2v) is 5.92. The van der Waals surface area contributed by atoms with Crippen molar-refractivity contribution in [3.8, 4) is 0 Å². The first-order chi connectivity index (χ1) is 11.1. The first-order valence-electron chi connectivity index (χ1n) is 8.51. The highest BCUT2D eigenvalue weighted by molar-refractivity contribution is 5.71. The quantitative estimate of drug-likeness (QED) is 0.362. The lowest BCUT2D eigenvalue weighted by atomic mass is 10.2. The zero-order valence-corrected chi connectivity index (χ0v) is 15.0. The van der Waals surface area contributed by atoms with Gasteiger partial charge in [-0.1, -0.05) is 32.3 Å². The predicted octanol–water partition coefficient (Wildman–Crippen LogP) is 5.28. The summed E-state index contributed by atoms with van der Waals surface area (Å²) in [6.07, 6.45) is 13.0. The molecule has 0 fully saturated rings. The van der Waals surface area contributed by atoms with Gasteiger partial charge in [0.25, 0.3) is 0 Å². The minimum absolute atomic E-state index is 0.934. The van der Waals surface area contributed by atoms with Crippen molar-refractivity contribution in [3.05, 3.63) is 48.2 Å². The van der Waals surface area contributed by atoms with Crippen LogP contribution in [0.2, 0.25) is 0 Å². The lowest BCUT2D eigenvalue weighted by Gasteiger charge is -2.13. The van der Waals surface area contributed by atoms with Crippen molar-refractivity contribution >= 4 is 17.6 Å². The Bertz CT molecular complexity index is 510. The molecule has 3 nitrogen and oxygen atoms in total. The van der Waals surface area contributed by atoms with Crippen LogP contribution in [0.1, 0.15) is 39.5 Å². The van der Waals surface area contributed by atoms with Gasteiger partial charge in [0.15, 0.2) is 0 Å². The normalized spacial score (nSPS) is 12.3. The molecule has 0 saturated carbocycles. The van der Waals surface area contributed by atoms with Crippen LogP contribution in [0.15, 0.2) is 53.2 Å². The number of benzene rings is 1. The standard InChI is InChI=1S/C20H31N3/c1-5-6-7-9-16-21-17-10-8-11-18(2)22-19-12-14-20(15-13-19)23(3)4/h8,10-15,17,22H,5-7,9,16H2,1-4H3/b10-8-,18-11+,21-17?. The summed E-state index contributed by atoms with van der Waals surface area (Å²) in [4.78, 5) is 6.48. The van der Waals surface area contributed by atoms with Crippen LogP contribution >= 0.6 is 0 Å². The molecule has 3 heteroatoms. The van der Waals surface area contributed by atoms with Crippen molar-refractivity contribution < 1.29 is 0 Å². The number of hydrogen-bond acceptors (Lipinski definition) is 3. The van der Waals surface area contributed by atoms with Gasteiger partial charge >= 0.3 is 0 Å². The molecule has 0 amide bonds. The molecule has 0 aliphatic heterocycles. The molecule has 1 rings (SSSR count). The predicted molar refractivity (Wildman–Crippen MR) is 105 cm³/mol. The summed E-state index contributed by atoms with van der Waals surface area (Å²) in [5.74, 6) is 0. The van der Waals surface area contributed by atoms with Crippen molar-refractivity contribution in [2.24, 2.45) is 4.99 Å². The van der Waals surface area contributed by atoms with Gasteiger partial charge in [-0.3, -0.25) is 4.99 Å². The molecule has 1 N–H and O–H groups in total. The molecule has 1 aromatic rings. The van der Waals surface area contributed by atoms with Gasteiger partial charge in [0.1, 0.15) is 0 Å². The third kappa shape index (κ3) is 8.87. The van der Waals surface area contributed by atoms with E-state index in [4.69, 9.17) is 0 Å². The third-order valence-electron chi connectivity index (χ3n) is 3.51. The largest absolute Gasteiger partial charge is 0.378 e. The summed E-state index contributed by atoms with van der Waals surface area (Å²) in [6, 6.07) is 8.40. The van der Waals surface area contributed by atoms with Crippen LogP contribution < -0.4 is 10.2 Å². The van der Waals surface area contributed by atoms with E-state index in [-0.39, 0.29) is 0 Å². The molecular formula is C20H31N3. The summed E-state index contributed by atoms with van der Waals surface area (Å²) in [7, 11) is 4.09. The van der Waals surface area contributed by atoms with Gasteiger partial charge in [0, 0.05) is 43.9 Å². The first kappa shape index (κ1) is 19.0. The van der Waals surface area contributed by atoms with Gasteiger partial charge < -0.3 is 10.2 Å². The highest BCUT2D eigenvalue weighted by Gasteiger charge is 1.95. The summed E-state index contributed by atoms with van der Waals surface area (Å²) >= 11 is 0. The van der Waals surface area contributed by atoms with E-state index in [1.54, 1.807) is 0 Å². The molecule has 126 valence electrons. The number of unbranched alkanes of at least 4 members (excludes halogenated alkanes) is 3. The number of allylic oxidation sites excluding steroid dienone is 4. The lowest BCUT2D eigenvalue weighted by Crippen LogP contribution is -2.08. The van der Waals surface area contributed by atoms with E-state index in [0.717, 1.165) is 17.9 Å². The van der Waals surface area contributed by atoms with Crippen LogP contribution in [-0.4, -0.2) is 26.9 Å². The van der Waals surface area contributed by atoms with Crippen LogP contribution in [0.25, 0.3) is 0 Å². The zero-order valence-electron chi connectivity index (χ0n) is 15.0. The van der Waals surface area contributed by atoms with Crippen LogP contribution in [0.4, 0.5) is 11.4 Å². The fourth-order valence-corrected chi connectivity index (χ4v) is 2.13.